The van der Waals surface area contributed by atoms with E-state index in [1.165, 1.54) is 204 Å². The van der Waals surface area contributed by atoms with Crippen LogP contribution in [0.1, 0.15) is 194 Å². The van der Waals surface area contributed by atoms with E-state index in [-0.39, 0.29) is 0 Å². The molecule has 0 aliphatic heterocycles. The molecular formula is C58H90Br2Cl2CoP2. The second-order valence-electron chi connectivity index (χ2n) is 18.7. The van der Waals surface area contributed by atoms with Crippen molar-refractivity contribution in [3.8, 4) is 0 Å². The van der Waals surface area contributed by atoms with E-state index in [1.807, 2.05) is 0 Å². The second-order valence-corrected chi connectivity index (χ2v) is 45.4. The first-order valence-electron chi connectivity index (χ1n) is 26.2. The molecule has 7 heteroatoms. The van der Waals surface area contributed by atoms with Gasteiger partial charge < -0.3 is 0 Å². The van der Waals surface area contributed by atoms with E-state index in [9.17, 15) is 0 Å². The van der Waals surface area contributed by atoms with Crippen LogP contribution in [0.15, 0.2) is 121 Å². The molecule has 0 N–H and O–H groups in total. The van der Waals surface area contributed by atoms with Crippen LogP contribution in [0.25, 0.3) is 0 Å². The Hall–Kier alpha value is -0.214. The van der Waals surface area contributed by atoms with Gasteiger partial charge in [-0.1, -0.05) is 241 Å². The summed E-state index contributed by atoms with van der Waals surface area (Å²) in [5.41, 5.74) is 0. The number of rotatable bonds is 37. The van der Waals surface area contributed by atoms with E-state index in [0.29, 0.717) is 0 Å². The van der Waals surface area contributed by atoms with Crippen molar-refractivity contribution >= 4 is 84.4 Å². The molecule has 4 rings (SSSR count). The fraction of sp³-hybridized carbons (Fsp3) is 0.586. The van der Waals surface area contributed by atoms with Crippen LogP contribution in [0.2, 0.25) is 0 Å². The zero-order valence-corrected chi connectivity index (χ0v) is 48.4. The van der Waals surface area contributed by atoms with Crippen molar-refractivity contribution in [2.45, 2.75) is 194 Å². The van der Waals surface area contributed by atoms with Gasteiger partial charge in [0.2, 0.25) is 0 Å². The zero-order chi connectivity index (χ0) is 46.6. The maximum absolute atomic E-state index is 5.24. The van der Waals surface area contributed by atoms with Crippen LogP contribution < -0.4 is 21.2 Å². The Morgan fingerprint density at radius 3 is 0.646 bits per heavy atom. The molecule has 0 fully saturated rings. The zero-order valence-electron chi connectivity index (χ0n) is 40.9. The first-order chi connectivity index (χ1) is 31.7. The molecule has 0 bridgehead atoms. The normalized spacial score (nSPS) is 12.2. The standard InChI is InChI=1S/C58H90P2.2BrH.2ClH.Co/c1-3-5-7-9-11-13-15-17-19-21-23-25-27-41-51-59(55-43-33-29-34-44-55,56-45-35-30-36-46-56)53-54-60(57-47-37-31-38-48-57,58-49-39-32-40-50-58)52-42-28-26-24-22-20-18-16-14-12-10-8-6-4-2;;;;;/h29-40,43-50H,3-28,41-42,51-54H2,1-2H3;4*1H;/q+2;;;;;+2/p-4. The van der Waals surface area contributed by atoms with Crippen molar-refractivity contribution in [3.05, 3.63) is 121 Å². The number of benzene rings is 4. The van der Waals surface area contributed by atoms with Crippen LogP contribution in [-0.4, -0.2) is 24.6 Å². The molecule has 0 aromatic heterocycles. The van der Waals surface area contributed by atoms with Gasteiger partial charge in [-0.05, 0) is 74.2 Å². The molecule has 4 aromatic rings. The van der Waals surface area contributed by atoms with Crippen LogP contribution in [-0.2, 0) is 7.23 Å². The Morgan fingerprint density at radius 2 is 0.462 bits per heavy atom. The van der Waals surface area contributed by atoms with E-state index in [4.69, 9.17) is 20.3 Å². The van der Waals surface area contributed by atoms with Crippen molar-refractivity contribution in [2.24, 2.45) is 0 Å². The van der Waals surface area contributed by atoms with E-state index >= 15 is 0 Å². The van der Waals surface area contributed by atoms with Crippen LogP contribution in [0.3, 0.4) is 0 Å². The molecule has 369 valence electrons. The number of hydrogen-bond acceptors (Lipinski definition) is 0. The predicted octanol–water partition coefficient (Wildman–Crippen LogP) is 20.4. The molecule has 65 heavy (non-hydrogen) atoms. The van der Waals surface area contributed by atoms with Crippen LogP contribution in [0.5, 0.6) is 0 Å². The van der Waals surface area contributed by atoms with Gasteiger partial charge in [-0.25, -0.2) is 0 Å². The van der Waals surface area contributed by atoms with Gasteiger partial charge in [0.15, 0.2) is 0 Å². The Kier molecular flexibility index (Phi) is 34.2. The Labute approximate surface area is 427 Å². The minimum atomic E-state index is -1.81. The van der Waals surface area contributed by atoms with Crippen molar-refractivity contribution in [3.63, 3.8) is 0 Å². The summed E-state index contributed by atoms with van der Waals surface area (Å²) in [4.78, 5) is 0. The van der Waals surface area contributed by atoms with Gasteiger partial charge in [-0.2, -0.15) is 0 Å². The summed E-state index contributed by atoms with van der Waals surface area (Å²) in [6, 6.07) is 47.5. The second kappa shape index (κ2) is 37.6. The quantitative estimate of drug-likeness (QED) is 0.0312. The van der Waals surface area contributed by atoms with Crippen LogP contribution in [0, 0.1) is 0 Å². The molecule has 0 aliphatic rings. The molecule has 0 unspecified atom stereocenters. The summed E-state index contributed by atoms with van der Waals surface area (Å²) >= 11 is 5.86. The minimum absolute atomic E-state index is 1.30. The number of halogens is 4. The van der Waals surface area contributed by atoms with Crippen molar-refractivity contribution < 1.29 is 7.23 Å². The molecule has 0 aliphatic carbocycles. The van der Waals surface area contributed by atoms with Gasteiger partial charge >= 0.3 is 55.9 Å². The number of hydrogen-bond donors (Lipinski definition) is 0. The summed E-state index contributed by atoms with van der Waals surface area (Å²) in [7, 11) is 5.33. The van der Waals surface area contributed by atoms with Gasteiger partial charge in [-0.3, -0.25) is 0 Å². The SMILES string of the molecule is CCCCCCCCCCCCCCCC[P+](CC[P+](CCCCCCCCCCCCCCCC)(c1ccccc1)c1ccccc1)(c1ccccc1)c1ccccc1.[Cl][Co-2]([Cl])([Br])[Br]. The van der Waals surface area contributed by atoms with Gasteiger partial charge in [-0.15, -0.1) is 0 Å². The molecule has 0 heterocycles. The summed E-state index contributed by atoms with van der Waals surface area (Å²) in [6.07, 6.45) is 44.9. The summed E-state index contributed by atoms with van der Waals surface area (Å²) in [6.45, 7) is 4.63. The molecule has 0 saturated carbocycles. The van der Waals surface area contributed by atoms with Crippen molar-refractivity contribution in [1.29, 1.82) is 0 Å². The van der Waals surface area contributed by atoms with Crippen molar-refractivity contribution in [2.75, 3.05) is 24.6 Å². The maximum atomic E-state index is 5.24. The third-order valence-electron chi connectivity index (χ3n) is 13.7. The summed E-state index contributed by atoms with van der Waals surface area (Å²) in [5.74, 6) is 0. The molecule has 0 spiro atoms. The average molecular weight is 1140 g/mol. The fourth-order valence-corrected chi connectivity index (χ4v) is 20.2. The number of unbranched alkanes of at least 4 members (excludes halogenated alkanes) is 26. The predicted molar refractivity (Wildman–Crippen MR) is 308 cm³/mol. The van der Waals surface area contributed by atoms with E-state index in [2.05, 4.69) is 164 Å². The fourth-order valence-electron chi connectivity index (χ4n) is 9.90. The molecule has 0 amide bonds. The van der Waals surface area contributed by atoms with Crippen LogP contribution >= 0.6 is 63.2 Å². The third kappa shape index (κ3) is 26.0. The van der Waals surface area contributed by atoms with E-state index in [1.54, 1.807) is 21.2 Å². The molecule has 0 saturated heterocycles. The summed E-state index contributed by atoms with van der Waals surface area (Å²) in [5, 5.41) is 6.51. The molecule has 0 nitrogen and oxygen atoms in total. The molecule has 0 atom stereocenters. The van der Waals surface area contributed by atoms with Gasteiger partial charge in [0, 0.05) is 0 Å². The van der Waals surface area contributed by atoms with E-state index < -0.39 is 21.8 Å². The van der Waals surface area contributed by atoms with Crippen LogP contribution in [0.4, 0.5) is 0 Å². The van der Waals surface area contributed by atoms with Crippen molar-refractivity contribution in [1.82, 2.24) is 0 Å². The Bertz CT molecular complexity index is 1460. The first-order valence-corrected chi connectivity index (χ1v) is 38.6. The van der Waals surface area contributed by atoms with Gasteiger partial charge in [0.05, 0.1) is 48.1 Å². The molecule has 0 radical (unpaired) electrons. The summed E-state index contributed by atoms with van der Waals surface area (Å²) < 4.78 is 0. The Morgan fingerprint density at radius 1 is 0.292 bits per heavy atom. The van der Waals surface area contributed by atoms with Gasteiger partial charge in [0.1, 0.15) is 12.3 Å². The molecular weight excluding hydrogens is 1050 g/mol. The third-order valence-corrected chi connectivity index (χ3v) is 23.3. The van der Waals surface area contributed by atoms with Gasteiger partial charge in [0.25, 0.3) is 0 Å². The topological polar surface area (TPSA) is 0 Å². The van der Waals surface area contributed by atoms with E-state index in [0.717, 1.165) is 0 Å². The monoisotopic (exact) mass is 1140 g/mol. The average Bonchev–Trinajstić information content (AvgIpc) is 3.32. The first kappa shape index (κ1) is 59.1. The Balaban J connectivity index is 0.00000212. The molecule has 4 aromatic carbocycles.